The molecule has 146 valence electrons. The van der Waals surface area contributed by atoms with Crippen LogP contribution in [0, 0.1) is 5.92 Å². The second kappa shape index (κ2) is 16.7. The summed E-state index contributed by atoms with van der Waals surface area (Å²) in [6, 6.07) is 13.8. The maximum Gasteiger partial charge on any atom is 0.0704 e. The van der Waals surface area contributed by atoms with Crippen LogP contribution in [0.2, 0.25) is 0 Å². The summed E-state index contributed by atoms with van der Waals surface area (Å²) in [5.74, 6) is 0.884. The zero-order valence-electron chi connectivity index (χ0n) is 18.9. The van der Waals surface area contributed by atoms with Gasteiger partial charge in [0.15, 0.2) is 0 Å². The number of hydrogen-bond donors (Lipinski definition) is 0. The largest absolute Gasteiger partial charge is 0.256 e. The Morgan fingerprint density at radius 1 is 0.926 bits per heavy atom. The van der Waals surface area contributed by atoms with Crippen LogP contribution in [0.1, 0.15) is 80.2 Å². The number of hydrogen-bond acceptors (Lipinski definition) is 1. The van der Waals surface area contributed by atoms with E-state index in [0.717, 1.165) is 22.7 Å². The van der Waals surface area contributed by atoms with Crippen LogP contribution in [-0.2, 0) is 5.21 Å². The lowest BCUT2D eigenvalue weighted by Crippen LogP contribution is -2.25. The highest BCUT2D eigenvalue weighted by Gasteiger charge is 2.17. The van der Waals surface area contributed by atoms with Crippen molar-refractivity contribution < 1.29 is 0 Å². The van der Waals surface area contributed by atoms with Crippen molar-refractivity contribution in [2.24, 2.45) is 5.92 Å². The Morgan fingerprint density at radius 3 is 1.81 bits per heavy atom. The number of aromatic nitrogens is 1. The summed E-state index contributed by atoms with van der Waals surface area (Å²) >= 11 is 0. The van der Waals surface area contributed by atoms with Gasteiger partial charge in [0.25, 0.3) is 0 Å². The topological polar surface area (TPSA) is 12.9 Å². The highest BCUT2D eigenvalue weighted by Crippen LogP contribution is 2.24. The first-order chi connectivity index (χ1) is 12.8. The summed E-state index contributed by atoms with van der Waals surface area (Å²) in [7, 11) is 12.1. The minimum absolute atomic E-state index is 0.686. The van der Waals surface area contributed by atoms with Gasteiger partial charge in [-0.25, -0.2) is 0 Å². The lowest BCUT2D eigenvalue weighted by molar-refractivity contribution is 0.626. The zero-order valence-corrected chi connectivity index (χ0v) is 18.9. The molecule has 2 aromatic rings. The number of pyridine rings is 1. The summed E-state index contributed by atoms with van der Waals surface area (Å²) < 4.78 is 0. The maximum atomic E-state index is 6.03. The van der Waals surface area contributed by atoms with Crippen LogP contribution in [0.3, 0.4) is 0 Å². The van der Waals surface area contributed by atoms with E-state index in [-0.39, 0.29) is 0 Å². The Bertz CT molecular complexity index is 566. The SMILES string of the molecule is CC.CCC.CCC(C)C.[B]C([B])(CC)c1ccnc(-c2ccccc2)c1. The van der Waals surface area contributed by atoms with E-state index in [1.807, 2.05) is 63.2 Å². The summed E-state index contributed by atoms with van der Waals surface area (Å²) in [6.45, 7) is 16.9. The molecule has 0 spiro atoms. The van der Waals surface area contributed by atoms with Gasteiger partial charge in [0.2, 0.25) is 0 Å². The third-order valence-electron chi connectivity index (χ3n) is 3.77. The maximum absolute atomic E-state index is 6.03. The first kappa shape index (κ1) is 27.7. The molecule has 0 aliphatic rings. The summed E-state index contributed by atoms with van der Waals surface area (Å²) in [5.41, 5.74) is 2.88. The van der Waals surface area contributed by atoms with Crippen molar-refractivity contribution in [2.75, 3.05) is 0 Å². The van der Waals surface area contributed by atoms with Gasteiger partial charge in [0.1, 0.15) is 0 Å². The van der Waals surface area contributed by atoms with E-state index in [4.69, 9.17) is 15.7 Å². The normalized spacial score (nSPS) is 9.81. The smallest absolute Gasteiger partial charge is 0.0704 e. The molecule has 0 atom stereocenters. The molecule has 27 heavy (non-hydrogen) atoms. The number of rotatable bonds is 4. The Balaban J connectivity index is 0. The standard InChI is InChI=1S/C14H13B2N.C5H12.C3H8.C2H6/c1-2-14(15,16)12-8-9-17-13(10-12)11-6-4-3-5-7-11;1-4-5(2)3;1-3-2;1-2/h3-10H,2H2,1H3;5H,4H2,1-3H3;3H2,1-2H3;1-2H3. The summed E-state index contributed by atoms with van der Waals surface area (Å²) in [4.78, 5) is 4.35. The Labute approximate surface area is 172 Å². The molecule has 0 fully saturated rings. The van der Waals surface area contributed by atoms with Crippen molar-refractivity contribution in [1.29, 1.82) is 0 Å². The van der Waals surface area contributed by atoms with Crippen LogP contribution >= 0.6 is 0 Å². The molecular formula is C24H39B2N. The zero-order chi connectivity index (χ0) is 21.3. The van der Waals surface area contributed by atoms with Crippen LogP contribution in [0.4, 0.5) is 0 Å². The molecule has 0 amide bonds. The van der Waals surface area contributed by atoms with Gasteiger partial charge in [-0.1, -0.05) is 116 Å². The van der Waals surface area contributed by atoms with Gasteiger partial charge in [-0.2, -0.15) is 0 Å². The van der Waals surface area contributed by atoms with E-state index in [1.54, 1.807) is 6.20 Å². The van der Waals surface area contributed by atoms with E-state index in [9.17, 15) is 0 Å². The molecule has 1 nitrogen and oxygen atoms in total. The van der Waals surface area contributed by atoms with E-state index in [0.29, 0.717) is 6.42 Å². The van der Waals surface area contributed by atoms with E-state index < -0.39 is 5.21 Å². The summed E-state index contributed by atoms with van der Waals surface area (Å²) in [5, 5.41) is -0.785. The molecule has 1 heterocycles. The second-order valence-corrected chi connectivity index (χ2v) is 6.70. The Hall–Kier alpha value is -1.50. The Morgan fingerprint density at radius 2 is 1.41 bits per heavy atom. The van der Waals surface area contributed by atoms with Crippen LogP contribution < -0.4 is 0 Å². The van der Waals surface area contributed by atoms with Gasteiger partial charge in [0.05, 0.1) is 21.4 Å². The first-order valence-corrected chi connectivity index (χ1v) is 10.4. The fourth-order valence-electron chi connectivity index (χ4n) is 1.69. The number of benzene rings is 1. The number of nitrogens with zero attached hydrogens (tertiary/aromatic N) is 1. The Kier molecular flexibility index (Phi) is 17.1. The minimum Gasteiger partial charge on any atom is -0.256 e. The lowest BCUT2D eigenvalue weighted by Gasteiger charge is -2.24. The molecule has 2 rings (SSSR count). The highest BCUT2D eigenvalue weighted by atomic mass is 14.7. The average molecular weight is 363 g/mol. The molecule has 0 saturated heterocycles. The average Bonchev–Trinajstić information content (AvgIpc) is 2.71. The van der Waals surface area contributed by atoms with Crippen molar-refractivity contribution >= 4 is 15.7 Å². The summed E-state index contributed by atoms with van der Waals surface area (Å²) in [6.07, 6.45) is 4.99. The predicted molar refractivity (Wildman–Crippen MR) is 126 cm³/mol. The third-order valence-corrected chi connectivity index (χ3v) is 3.77. The van der Waals surface area contributed by atoms with Crippen LogP contribution in [-0.4, -0.2) is 20.7 Å². The molecular weight excluding hydrogens is 324 g/mol. The van der Waals surface area contributed by atoms with Crippen LogP contribution in [0.25, 0.3) is 11.3 Å². The highest BCUT2D eigenvalue weighted by molar-refractivity contribution is 6.40. The molecule has 1 aromatic carbocycles. The molecule has 3 heteroatoms. The van der Waals surface area contributed by atoms with Crippen molar-refractivity contribution in [1.82, 2.24) is 4.98 Å². The first-order valence-electron chi connectivity index (χ1n) is 10.4. The van der Waals surface area contributed by atoms with Crippen molar-refractivity contribution in [2.45, 2.75) is 79.9 Å². The van der Waals surface area contributed by atoms with Crippen molar-refractivity contribution in [3.05, 3.63) is 54.2 Å². The van der Waals surface area contributed by atoms with Crippen molar-refractivity contribution in [3.63, 3.8) is 0 Å². The van der Waals surface area contributed by atoms with Gasteiger partial charge in [-0.3, -0.25) is 4.98 Å². The molecule has 0 N–H and O–H groups in total. The van der Waals surface area contributed by atoms with E-state index >= 15 is 0 Å². The predicted octanol–water partition coefficient (Wildman–Crippen LogP) is 7.14. The fraction of sp³-hybridized carbons (Fsp3) is 0.542. The molecule has 0 bridgehead atoms. The molecule has 0 aliphatic carbocycles. The van der Waals surface area contributed by atoms with Crippen molar-refractivity contribution in [3.8, 4) is 11.3 Å². The van der Waals surface area contributed by atoms with E-state index in [2.05, 4.69) is 39.6 Å². The van der Waals surface area contributed by atoms with Gasteiger partial charge >= 0.3 is 0 Å². The molecule has 0 saturated carbocycles. The quantitative estimate of drug-likeness (QED) is 0.526. The van der Waals surface area contributed by atoms with Gasteiger partial charge < -0.3 is 0 Å². The van der Waals surface area contributed by atoms with Crippen LogP contribution in [0.5, 0.6) is 0 Å². The second-order valence-electron chi connectivity index (χ2n) is 6.70. The molecule has 4 radical (unpaired) electrons. The van der Waals surface area contributed by atoms with Gasteiger partial charge in [-0.05, 0) is 18.1 Å². The third kappa shape index (κ3) is 12.5. The molecule has 0 aliphatic heterocycles. The van der Waals surface area contributed by atoms with Crippen LogP contribution in [0.15, 0.2) is 48.7 Å². The van der Waals surface area contributed by atoms with Gasteiger partial charge in [-0.15, -0.1) is 0 Å². The van der Waals surface area contributed by atoms with Gasteiger partial charge in [0, 0.05) is 11.8 Å². The molecule has 0 unspecified atom stereocenters. The minimum atomic E-state index is -0.785. The fourth-order valence-corrected chi connectivity index (χ4v) is 1.69. The molecule has 1 aromatic heterocycles. The van der Waals surface area contributed by atoms with E-state index in [1.165, 1.54) is 12.8 Å². The lowest BCUT2D eigenvalue weighted by atomic mass is 9.50. The monoisotopic (exact) mass is 363 g/mol.